The molecule has 0 aromatic heterocycles. The first kappa shape index (κ1) is 15.7. The zero-order valence-corrected chi connectivity index (χ0v) is 13.4. The third-order valence-corrected chi connectivity index (χ3v) is 4.81. The average Bonchev–Trinajstić information content (AvgIpc) is 2.42. The summed E-state index contributed by atoms with van der Waals surface area (Å²) in [5, 5.41) is 0. The van der Waals surface area contributed by atoms with E-state index in [9.17, 15) is 8.42 Å². The molecule has 2 rings (SSSR count). The summed E-state index contributed by atoms with van der Waals surface area (Å²) >= 11 is 0. The van der Waals surface area contributed by atoms with Crippen LogP contribution in [0.1, 0.15) is 28.3 Å². The normalized spacial score (nSPS) is 13.1. The Labute approximate surface area is 126 Å². The van der Waals surface area contributed by atoms with E-state index in [1.54, 1.807) is 24.3 Å². The molecular formula is C17H21NO2S. The van der Waals surface area contributed by atoms with Crippen LogP contribution in [0.2, 0.25) is 0 Å². The molecule has 0 amide bonds. The fraction of sp³-hybridized carbons (Fsp3) is 0.294. The summed E-state index contributed by atoms with van der Waals surface area (Å²) in [5.74, 6) is 0. The molecule has 0 aliphatic heterocycles. The largest absolute Gasteiger partial charge is 0.324 e. The highest BCUT2D eigenvalue weighted by Gasteiger charge is 2.11. The Bertz CT molecular complexity index is 734. The molecule has 2 aromatic carbocycles. The van der Waals surface area contributed by atoms with Gasteiger partial charge in [0, 0.05) is 12.3 Å². The third kappa shape index (κ3) is 3.93. The van der Waals surface area contributed by atoms with E-state index < -0.39 is 9.84 Å². The van der Waals surface area contributed by atoms with Crippen LogP contribution in [0.25, 0.3) is 0 Å². The lowest BCUT2D eigenvalue weighted by Gasteiger charge is -2.15. The summed E-state index contributed by atoms with van der Waals surface area (Å²) in [7, 11) is -3.16. The molecule has 1 unspecified atom stereocenters. The number of benzene rings is 2. The van der Waals surface area contributed by atoms with Gasteiger partial charge in [-0.15, -0.1) is 0 Å². The standard InChI is InChI=1S/C17H21NO2S/c1-12-4-5-13(2)15(10-12)11-17(18)14-6-8-16(9-7-14)21(3,19)20/h4-10,17H,11,18H2,1-3H3. The van der Waals surface area contributed by atoms with Gasteiger partial charge >= 0.3 is 0 Å². The Morgan fingerprint density at radius 2 is 1.67 bits per heavy atom. The maximum absolute atomic E-state index is 11.5. The van der Waals surface area contributed by atoms with Crippen LogP contribution in [0.3, 0.4) is 0 Å². The molecule has 0 aliphatic carbocycles. The predicted octanol–water partition coefficient (Wildman–Crippen LogP) is 2.95. The molecule has 21 heavy (non-hydrogen) atoms. The molecule has 112 valence electrons. The van der Waals surface area contributed by atoms with Crippen LogP contribution >= 0.6 is 0 Å². The van der Waals surface area contributed by atoms with E-state index in [1.165, 1.54) is 22.9 Å². The van der Waals surface area contributed by atoms with Crippen LogP contribution in [0, 0.1) is 13.8 Å². The molecule has 0 bridgehead atoms. The van der Waals surface area contributed by atoms with E-state index >= 15 is 0 Å². The van der Waals surface area contributed by atoms with Gasteiger partial charge in [0.05, 0.1) is 4.90 Å². The van der Waals surface area contributed by atoms with E-state index in [0.29, 0.717) is 4.90 Å². The van der Waals surface area contributed by atoms with E-state index in [0.717, 1.165) is 12.0 Å². The third-order valence-electron chi connectivity index (χ3n) is 3.68. The van der Waals surface area contributed by atoms with Crippen LogP contribution in [0.15, 0.2) is 47.4 Å². The van der Waals surface area contributed by atoms with Crippen molar-refractivity contribution in [3.63, 3.8) is 0 Å². The van der Waals surface area contributed by atoms with Crippen molar-refractivity contribution in [3.8, 4) is 0 Å². The fourth-order valence-corrected chi connectivity index (χ4v) is 2.97. The van der Waals surface area contributed by atoms with Gasteiger partial charge in [-0.2, -0.15) is 0 Å². The lowest BCUT2D eigenvalue weighted by molar-refractivity contribution is 0.601. The van der Waals surface area contributed by atoms with Crippen molar-refractivity contribution in [1.82, 2.24) is 0 Å². The van der Waals surface area contributed by atoms with E-state index in [4.69, 9.17) is 5.73 Å². The van der Waals surface area contributed by atoms with Crippen LogP contribution in [-0.4, -0.2) is 14.7 Å². The average molecular weight is 303 g/mol. The summed E-state index contributed by atoms with van der Waals surface area (Å²) in [6, 6.07) is 13.0. The molecule has 2 aromatic rings. The van der Waals surface area contributed by atoms with Gasteiger partial charge in [-0.1, -0.05) is 35.9 Å². The van der Waals surface area contributed by atoms with Crippen LogP contribution < -0.4 is 5.73 Å². The van der Waals surface area contributed by atoms with Crippen LogP contribution in [0.5, 0.6) is 0 Å². The summed E-state index contributed by atoms with van der Waals surface area (Å²) < 4.78 is 22.9. The van der Waals surface area contributed by atoms with Crippen molar-refractivity contribution in [2.24, 2.45) is 5.73 Å². The molecule has 3 nitrogen and oxygen atoms in total. The second-order valence-electron chi connectivity index (χ2n) is 5.58. The number of nitrogens with two attached hydrogens (primary N) is 1. The monoisotopic (exact) mass is 303 g/mol. The number of rotatable bonds is 4. The fourth-order valence-electron chi connectivity index (χ4n) is 2.34. The van der Waals surface area contributed by atoms with Crippen molar-refractivity contribution < 1.29 is 8.42 Å². The zero-order chi connectivity index (χ0) is 15.6. The van der Waals surface area contributed by atoms with Gasteiger partial charge in [-0.25, -0.2) is 8.42 Å². The van der Waals surface area contributed by atoms with Gasteiger partial charge in [-0.3, -0.25) is 0 Å². The number of aryl methyl sites for hydroxylation is 2. The number of sulfone groups is 1. The second-order valence-corrected chi connectivity index (χ2v) is 7.60. The topological polar surface area (TPSA) is 60.2 Å². The molecule has 2 N–H and O–H groups in total. The van der Waals surface area contributed by atoms with E-state index in [2.05, 4.69) is 32.0 Å². The zero-order valence-electron chi connectivity index (χ0n) is 12.6. The molecule has 0 aliphatic rings. The first-order valence-corrected chi connectivity index (χ1v) is 8.78. The highest BCUT2D eigenvalue weighted by atomic mass is 32.2. The first-order valence-electron chi connectivity index (χ1n) is 6.89. The van der Waals surface area contributed by atoms with Gasteiger partial charge in [0.2, 0.25) is 0 Å². The number of hydrogen-bond acceptors (Lipinski definition) is 3. The minimum absolute atomic E-state index is 0.140. The van der Waals surface area contributed by atoms with Crippen molar-refractivity contribution >= 4 is 9.84 Å². The van der Waals surface area contributed by atoms with Crippen LogP contribution in [0.4, 0.5) is 0 Å². The summed E-state index contributed by atoms with van der Waals surface area (Å²) in [5.41, 5.74) is 10.9. The van der Waals surface area contributed by atoms with E-state index in [-0.39, 0.29) is 6.04 Å². The van der Waals surface area contributed by atoms with Gasteiger partial charge in [0.1, 0.15) is 0 Å². The van der Waals surface area contributed by atoms with Crippen molar-refractivity contribution in [2.45, 2.75) is 31.2 Å². The molecule has 0 spiro atoms. The maximum atomic E-state index is 11.5. The Morgan fingerprint density at radius 3 is 2.24 bits per heavy atom. The lowest BCUT2D eigenvalue weighted by atomic mass is 9.95. The smallest absolute Gasteiger partial charge is 0.175 e. The van der Waals surface area contributed by atoms with Crippen molar-refractivity contribution in [2.75, 3.05) is 6.26 Å². The minimum Gasteiger partial charge on any atom is -0.324 e. The second kappa shape index (κ2) is 6.00. The van der Waals surface area contributed by atoms with E-state index in [1.807, 2.05) is 0 Å². The quantitative estimate of drug-likeness (QED) is 0.944. The summed E-state index contributed by atoms with van der Waals surface area (Å²) in [4.78, 5) is 0.324. The van der Waals surface area contributed by atoms with Crippen molar-refractivity contribution in [1.29, 1.82) is 0 Å². The summed E-state index contributed by atoms with van der Waals surface area (Å²) in [6.07, 6.45) is 1.95. The summed E-state index contributed by atoms with van der Waals surface area (Å²) in [6.45, 7) is 4.14. The molecule has 0 saturated carbocycles. The molecule has 4 heteroatoms. The SMILES string of the molecule is Cc1ccc(C)c(CC(N)c2ccc(S(C)(=O)=O)cc2)c1. The molecule has 1 atom stereocenters. The molecule has 0 fully saturated rings. The van der Waals surface area contributed by atoms with Crippen LogP contribution in [-0.2, 0) is 16.3 Å². The highest BCUT2D eigenvalue weighted by molar-refractivity contribution is 7.90. The Kier molecular flexibility index (Phi) is 4.49. The molecule has 0 saturated heterocycles. The van der Waals surface area contributed by atoms with Crippen molar-refractivity contribution in [3.05, 3.63) is 64.7 Å². The van der Waals surface area contributed by atoms with Gasteiger partial charge in [0.15, 0.2) is 9.84 Å². The predicted molar refractivity (Wildman–Crippen MR) is 86.1 cm³/mol. The van der Waals surface area contributed by atoms with Gasteiger partial charge in [0.25, 0.3) is 0 Å². The maximum Gasteiger partial charge on any atom is 0.175 e. The number of hydrogen-bond donors (Lipinski definition) is 1. The molecule has 0 heterocycles. The molecule has 0 radical (unpaired) electrons. The Hall–Kier alpha value is -1.65. The highest BCUT2D eigenvalue weighted by Crippen LogP contribution is 2.21. The lowest BCUT2D eigenvalue weighted by Crippen LogP contribution is -2.14. The molecular weight excluding hydrogens is 282 g/mol. The Balaban J connectivity index is 2.20. The van der Waals surface area contributed by atoms with Gasteiger partial charge < -0.3 is 5.73 Å². The first-order chi connectivity index (χ1) is 9.77. The minimum atomic E-state index is -3.16. The Morgan fingerprint density at radius 1 is 1.05 bits per heavy atom. The van der Waals surface area contributed by atoms with Gasteiger partial charge in [-0.05, 0) is 49.1 Å².